The molecule has 1 N–H and O–H groups in total. The van der Waals surface area contributed by atoms with Crippen molar-refractivity contribution in [2.75, 3.05) is 0 Å². The molecule has 1 aliphatic rings. The summed E-state index contributed by atoms with van der Waals surface area (Å²) in [7, 11) is 0. The molecule has 0 aromatic rings. The van der Waals surface area contributed by atoms with Crippen molar-refractivity contribution in [1.29, 1.82) is 0 Å². The van der Waals surface area contributed by atoms with Gasteiger partial charge in [-0.2, -0.15) is 0 Å². The standard InChI is InChI=1S/C13H25NO/c1-9(2)11(13(3,4)5)12(15)14-10-7-6-8-10/h9-11H,6-8H2,1-5H3,(H,14,15)/t11-/m1/s1. The first-order chi connectivity index (χ1) is 6.82. The topological polar surface area (TPSA) is 29.1 Å². The van der Waals surface area contributed by atoms with Crippen molar-refractivity contribution in [3.05, 3.63) is 0 Å². The number of hydrogen-bond acceptors (Lipinski definition) is 1. The van der Waals surface area contributed by atoms with Gasteiger partial charge in [-0.3, -0.25) is 4.79 Å². The second kappa shape index (κ2) is 4.54. The van der Waals surface area contributed by atoms with E-state index in [1.54, 1.807) is 0 Å². The molecule has 0 unspecified atom stereocenters. The highest BCUT2D eigenvalue weighted by Crippen LogP contribution is 2.32. The van der Waals surface area contributed by atoms with Crippen molar-refractivity contribution < 1.29 is 4.79 Å². The third-order valence-corrected chi connectivity index (χ3v) is 3.33. The fraction of sp³-hybridized carbons (Fsp3) is 0.923. The molecule has 0 aliphatic heterocycles. The molecule has 1 fully saturated rings. The van der Waals surface area contributed by atoms with Gasteiger partial charge in [-0.15, -0.1) is 0 Å². The SMILES string of the molecule is CC(C)[C@H](C(=O)NC1CCC1)C(C)(C)C. The lowest BCUT2D eigenvalue weighted by Gasteiger charge is -2.36. The average Bonchev–Trinajstić information content (AvgIpc) is 1.92. The number of carbonyl (C=O) groups is 1. The van der Waals surface area contributed by atoms with E-state index < -0.39 is 0 Å². The third-order valence-electron chi connectivity index (χ3n) is 3.33. The molecular weight excluding hydrogens is 186 g/mol. The Morgan fingerprint density at radius 1 is 1.27 bits per heavy atom. The van der Waals surface area contributed by atoms with Gasteiger partial charge in [-0.1, -0.05) is 34.6 Å². The second-order valence-electron chi connectivity index (χ2n) is 6.22. The van der Waals surface area contributed by atoms with Crippen molar-refractivity contribution in [3.8, 4) is 0 Å². The van der Waals surface area contributed by atoms with Crippen LogP contribution < -0.4 is 5.32 Å². The molecule has 1 saturated carbocycles. The van der Waals surface area contributed by atoms with Crippen molar-refractivity contribution in [2.45, 2.75) is 59.9 Å². The van der Waals surface area contributed by atoms with Crippen LogP contribution in [0.3, 0.4) is 0 Å². The van der Waals surface area contributed by atoms with Gasteiger partial charge < -0.3 is 5.32 Å². The highest BCUT2D eigenvalue weighted by atomic mass is 16.2. The molecular formula is C13H25NO. The normalized spacial score (nSPS) is 19.9. The molecule has 0 heterocycles. The lowest BCUT2D eigenvalue weighted by Crippen LogP contribution is -2.47. The van der Waals surface area contributed by atoms with Crippen LogP contribution in [0.25, 0.3) is 0 Å². The van der Waals surface area contributed by atoms with Crippen LogP contribution in [0.1, 0.15) is 53.9 Å². The van der Waals surface area contributed by atoms with Gasteiger partial charge in [0.05, 0.1) is 0 Å². The Labute approximate surface area is 93.8 Å². The molecule has 0 aromatic carbocycles. The first-order valence-electron chi connectivity index (χ1n) is 6.12. The molecule has 1 aliphatic carbocycles. The lowest BCUT2D eigenvalue weighted by molar-refractivity contribution is -0.131. The Morgan fingerprint density at radius 2 is 1.80 bits per heavy atom. The average molecular weight is 211 g/mol. The smallest absolute Gasteiger partial charge is 0.224 e. The van der Waals surface area contributed by atoms with E-state index in [4.69, 9.17) is 0 Å². The predicted octanol–water partition coefficient (Wildman–Crippen LogP) is 2.97. The van der Waals surface area contributed by atoms with E-state index in [0.29, 0.717) is 12.0 Å². The third kappa shape index (κ3) is 3.22. The molecule has 15 heavy (non-hydrogen) atoms. The molecule has 2 heteroatoms. The summed E-state index contributed by atoms with van der Waals surface area (Å²) >= 11 is 0. The fourth-order valence-electron chi connectivity index (χ4n) is 2.54. The van der Waals surface area contributed by atoms with Crippen LogP contribution in [0, 0.1) is 17.3 Å². The Kier molecular flexibility index (Phi) is 3.80. The van der Waals surface area contributed by atoms with Crippen LogP contribution in [0.4, 0.5) is 0 Å². The van der Waals surface area contributed by atoms with Crippen molar-refractivity contribution >= 4 is 5.91 Å². The number of carbonyl (C=O) groups excluding carboxylic acids is 1. The zero-order valence-electron chi connectivity index (χ0n) is 10.8. The van der Waals surface area contributed by atoms with E-state index in [1.165, 1.54) is 19.3 Å². The van der Waals surface area contributed by atoms with Crippen LogP contribution in [0.2, 0.25) is 0 Å². The van der Waals surface area contributed by atoms with Gasteiger partial charge in [0.1, 0.15) is 0 Å². The fourth-order valence-corrected chi connectivity index (χ4v) is 2.54. The van der Waals surface area contributed by atoms with Crippen molar-refractivity contribution in [3.63, 3.8) is 0 Å². The van der Waals surface area contributed by atoms with Crippen LogP contribution >= 0.6 is 0 Å². The van der Waals surface area contributed by atoms with Gasteiger partial charge >= 0.3 is 0 Å². The summed E-state index contributed by atoms with van der Waals surface area (Å²) in [5, 5.41) is 3.17. The van der Waals surface area contributed by atoms with Gasteiger partial charge in [0.25, 0.3) is 0 Å². The maximum atomic E-state index is 12.1. The molecule has 1 rings (SSSR count). The summed E-state index contributed by atoms with van der Waals surface area (Å²) < 4.78 is 0. The first kappa shape index (κ1) is 12.5. The van der Waals surface area contributed by atoms with Gasteiger partial charge in [0, 0.05) is 12.0 Å². The van der Waals surface area contributed by atoms with Crippen LogP contribution in [0.15, 0.2) is 0 Å². The van der Waals surface area contributed by atoms with Gasteiger partial charge in [0.2, 0.25) is 5.91 Å². The maximum absolute atomic E-state index is 12.1. The molecule has 88 valence electrons. The highest BCUT2D eigenvalue weighted by molar-refractivity contribution is 5.80. The Bertz CT molecular complexity index is 223. The van der Waals surface area contributed by atoms with Gasteiger partial charge in [-0.25, -0.2) is 0 Å². The quantitative estimate of drug-likeness (QED) is 0.764. The summed E-state index contributed by atoms with van der Waals surface area (Å²) in [5.74, 6) is 0.783. The zero-order chi connectivity index (χ0) is 11.6. The second-order valence-corrected chi connectivity index (χ2v) is 6.22. The minimum Gasteiger partial charge on any atom is -0.353 e. The molecule has 0 aromatic heterocycles. The minimum absolute atomic E-state index is 0.0575. The highest BCUT2D eigenvalue weighted by Gasteiger charge is 2.35. The monoisotopic (exact) mass is 211 g/mol. The van der Waals surface area contributed by atoms with Gasteiger partial charge in [0.15, 0.2) is 0 Å². The van der Waals surface area contributed by atoms with Crippen molar-refractivity contribution in [2.24, 2.45) is 17.3 Å². The minimum atomic E-state index is 0.0575. The molecule has 1 amide bonds. The van der Waals surface area contributed by atoms with Crippen LogP contribution in [-0.2, 0) is 4.79 Å². The number of nitrogens with one attached hydrogen (secondary N) is 1. The maximum Gasteiger partial charge on any atom is 0.224 e. The summed E-state index contributed by atoms with van der Waals surface area (Å²) in [6, 6.07) is 0.459. The number of rotatable bonds is 3. The summed E-state index contributed by atoms with van der Waals surface area (Å²) in [4.78, 5) is 12.1. The van der Waals surface area contributed by atoms with Crippen LogP contribution in [-0.4, -0.2) is 11.9 Å². The van der Waals surface area contributed by atoms with Crippen molar-refractivity contribution in [1.82, 2.24) is 5.32 Å². The van der Waals surface area contributed by atoms with Crippen LogP contribution in [0.5, 0.6) is 0 Å². The lowest BCUT2D eigenvalue weighted by atomic mass is 9.73. The molecule has 0 radical (unpaired) electrons. The summed E-state index contributed by atoms with van der Waals surface area (Å²) in [6.07, 6.45) is 3.61. The summed E-state index contributed by atoms with van der Waals surface area (Å²) in [5.41, 5.74) is 0.0575. The predicted molar refractivity (Wildman–Crippen MR) is 63.6 cm³/mol. The molecule has 0 spiro atoms. The largest absolute Gasteiger partial charge is 0.353 e. The van der Waals surface area contributed by atoms with E-state index in [2.05, 4.69) is 39.9 Å². The molecule has 2 nitrogen and oxygen atoms in total. The Morgan fingerprint density at radius 3 is 2.07 bits per heavy atom. The Hall–Kier alpha value is -0.530. The Balaban J connectivity index is 2.58. The van der Waals surface area contributed by atoms with E-state index in [9.17, 15) is 4.79 Å². The van der Waals surface area contributed by atoms with E-state index >= 15 is 0 Å². The molecule has 0 bridgehead atoms. The number of hydrogen-bond donors (Lipinski definition) is 1. The first-order valence-corrected chi connectivity index (χ1v) is 6.12. The zero-order valence-corrected chi connectivity index (χ0v) is 10.8. The molecule has 0 saturated heterocycles. The summed E-state index contributed by atoms with van der Waals surface area (Å²) in [6.45, 7) is 10.7. The van der Waals surface area contributed by atoms with Gasteiger partial charge in [-0.05, 0) is 30.6 Å². The van der Waals surface area contributed by atoms with E-state index in [0.717, 1.165) is 0 Å². The molecule has 1 atom stereocenters. The van der Waals surface area contributed by atoms with E-state index in [-0.39, 0.29) is 17.2 Å². The number of amides is 1. The van der Waals surface area contributed by atoms with E-state index in [1.807, 2.05) is 0 Å².